The first-order valence-electron chi connectivity index (χ1n) is 7.08. The maximum atomic E-state index is 5.33. The molecule has 2 rings (SSSR count). The second kappa shape index (κ2) is 6.61. The fraction of sp³-hybridized carbons (Fsp3) is 0.529. The molecule has 1 fully saturated rings. The van der Waals surface area contributed by atoms with E-state index in [9.17, 15) is 0 Å². The average molecular weight is 241 g/mol. The van der Waals surface area contributed by atoms with Crippen LogP contribution in [0, 0.1) is 18.3 Å². The molecule has 1 saturated carbocycles. The molecule has 0 saturated heterocycles. The summed E-state index contributed by atoms with van der Waals surface area (Å²) in [7, 11) is 0. The first-order valence-corrected chi connectivity index (χ1v) is 7.08. The van der Waals surface area contributed by atoms with Crippen molar-refractivity contribution in [2.24, 2.45) is 5.92 Å². The maximum absolute atomic E-state index is 5.33. The molecule has 3 unspecified atom stereocenters. The van der Waals surface area contributed by atoms with Crippen LogP contribution in [0.5, 0.6) is 0 Å². The molecule has 0 heterocycles. The summed E-state index contributed by atoms with van der Waals surface area (Å²) < 4.78 is 0. The topological polar surface area (TPSA) is 12.0 Å². The Bertz CT molecular complexity index is 390. The second-order valence-corrected chi connectivity index (χ2v) is 5.18. The maximum Gasteiger partial charge on any atom is 0.0102 e. The summed E-state index contributed by atoms with van der Waals surface area (Å²) in [6.45, 7) is 3.24. The smallest absolute Gasteiger partial charge is 0.0102 e. The average Bonchev–Trinajstić information content (AvgIpc) is 3.19. The lowest BCUT2D eigenvalue weighted by Gasteiger charge is -2.17. The van der Waals surface area contributed by atoms with Gasteiger partial charge in [0.2, 0.25) is 0 Å². The summed E-state index contributed by atoms with van der Waals surface area (Å²) in [6, 6.07) is 11.5. The van der Waals surface area contributed by atoms with E-state index in [2.05, 4.69) is 48.5 Å². The zero-order valence-corrected chi connectivity index (χ0v) is 11.2. The molecule has 18 heavy (non-hydrogen) atoms. The molecule has 1 nitrogen and oxygen atoms in total. The molecule has 1 aliphatic rings. The van der Waals surface area contributed by atoms with Crippen LogP contribution < -0.4 is 5.32 Å². The summed E-state index contributed by atoms with van der Waals surface area (Å²) in [6.07, 6.45) is 9.93. The third-order valence-corrected chi connectivity index (χ3v) is 3.89. The molecular formula is C17H23N. The fourth-order valence-corrected chi connectivity index (χ4v) is 2.90. The number of unbranched alkanes of at least 4 members (excludes halogenated alkanes) is 1. The van der Waals surface area contributed by atoms with E-state index in [-0.39, 0.29) is 0 Å². The van der Waals surface area contributed by atoms with Gasteiger partial charge in [-0.2, -0.15) is 0 Å². The summed E-state index contributed by atoms with van der Waals surface area (Å²) in [5.74, 6) is 4.31. The minimum atomic E-state index is 0.647. The van der Waals surface area contributed by atoms with E-state index < -0.39 is 0 Å². The number of benzene rings is 1. The highest BCUT2D eigenvalue weighted by atomic mass is 14.9. The number of rotatable bonds is 7. The van der Waals surface area contributed by atoms with Gasteiger partial charge in [0.25, 0.3) is 0 Å². The number of hydrogen-bond donors (Lipinski definition) is 1. The van der Waals surface area contributed by atoms with Crippen molar-refractivity contribution in [1.29, 1.82) is 0 Å². The Balaban J connectivity index is 1.88. The van der Waals surface area contributed by atoms with Gasteiger partial charge in [-0.3, -0.25) is 0 Å². The molecule has 1 N–H and O–H groups in total. The molecule has 1 heteroatoms. The first-order chi connectivity index (χ1) is 8.86. The van der Waals surface area contributed by atoms with E-state index in [1.165, 1.54) is 18.4 Å². The van der Waals surface area contributed by atoms with Crippen molar-refractivity contribution >= 4 is 0 Å². The van der Waals surface area contributed by atoms with Crippen LogP contribution in [0.4, 0.5) is 0 Å². The zero-order chi connectivity index (χ0) is 12.8. The molecule has 0 bridgehead atoms. The van der Waals surface area contributed by atoms with Crippen LogP contribution in [0.25, 0.3) is 0 Å². The molecule has 3 atom stereocenters. The molecule has 0 aromatic heterocycles. The van der Waals surface area contributed by atoms with Gasteiger partial charge >= 0.3 is 0 Å². The van der Waals surface area contributed by atoms with Crippen LogP contribution >= 0.6 is 0 Å². The Labute approximate surface area is 111 Å². The normalized spacial score (nSPS) is 23.3. The minimum Gasteiger partial charge on any atom is -0.314 e. The van der Waals surface area contributed by atoms with Crippen molar-refractivity contribution in [3.05, 3.63) is 35.9 Å². The second-order valence-electron chi connectivity index (χ2n) is 5.18. The van der Waals surface area contributed by atoms with Gasteiger partial charge in [-0.05, 0) is 43.2 Å². The van der Waals surface area contributed by atoms with Crippen LogP contribution in [0.1, 0.15) is 44.1 Å². The summed E-state index contributed by atoms with van der Waals surface area (Å²) >= 11 is 0. The van der Waals surface area contributed by atoms with Crippen molar-refractivity contribution in [1.82, 2.24) is 5.32 Å². The number of hydrogen-bond acceptors (Lipinski definition) is 1. The van der Waals surface area contributed by atoms with Crippen LogP contribution in [0.2, 0.25) is 0 Å². The quantitative estimate of drug-likeness (QED) is 0.568. The van der Waals surface area contributed by atoms with Gasteiger partial charge in [-0.15, -0.1) is 12.3 Å². The van der Waals surface area contributed by atoms with Gasteiger partial charge in [0.1, 0.15) is 0 Å². The zero-order valence-electron chi connectivity index (χ0n) is 11.2. The number of terminal acetylenes is 1. The lowest BCUT2D eigenvalue weighted by molar-refractivity contribution is 0.430. The Kier molecular flexibility index (Phi) is 4.84. The molecule has 1 aromatic carbocycles. The minimum absolute atomic E-state index is 0.647. The molecule has 96 valence electrons. The molecule has 1 aromatic rings. The Morgan fingerprint density at radius 1 is 1.39 bits per heavy atom. The van der Waals surface area contributed by atoms with Gasteiger partial charge in [0, 0.05) is 12.5 Å². The van der Waals surface area contributed by atoms with E-state index in [4.69, 9.17) is 6.42 Å². The first kappa shape index (κ1) is 13.2. The van der Waals surface area contributed by atoms with Crippen LogP contribution in [-0.2, 0) is 0 Å². The summed E-state index contributed by atoms with van der Waals surface area (Å²) in [5, 5.41) is 3.63. The lowest BCUT2D eigenvalue weighted by atomic mass is 10.0. The van der Waals surface area contributed by atoms with E-state index in [0.29, 0.717) is 6.04 Å². The lowest BCUT2D eigenvalue weighted by Crippen LogP contribution is -2.31. The van der Waals surface area contributed by atoms with E-state index >= 15 is 0 Å². The number of nitrogens with one attached hydrogen (secondary N) is 1. The van der Waals surface area contributed by atoms with Gasteiger partial charge in [-0.1, -0.05) is 37.3 Å². The van der Waals surface area contributed by atoms with Gasteiger partial charge in [0.15, 0.2) is 0 Å². The molecular weight excluding hydrogens is 218 g/mol. The van der Waals surface area contributed by atoms with Crippen molar-refractivity contribution in [3.63, 3.8) is 0 Å². The largest absolute Gasteiger partial charge is 0.314 e. The Hall–Kier alpha value is -1.26. The standard InChI is InChI=1S/C17H23N/c1-3-5-7-12-17(18-4-2)16-13-15(16)14-10-8-6-9-11-14/h1,6,8-11,15-18H,4-5,7,12-13H2,2H3. The predicted octanol–water partition coefficient (Wildman–Crippen LogP) is 3.57. The third-order valence-electron chi connectivity index (χ3n) is 3.89. The molecule has 0 radical (unpaired) electrons. The summed E-state index contributed by atoms with van der Waals surface area (Å²) in [5.41, 5.74) is 1.50. The highest BCUT2D eigenvalue weighted by Gasteiger charge is 2.42. The molecule has 0 aliphatic heterocycles. The van der Waals surface area contributed by atoms with Crippen molar-refractivity contribution in [2.45, 2.75) is 44.6 Å². The Morgan fingerprint density at radius 3 is 2.83 bits per heavy atom. The molecule has 1 aliphatic carbocycles. The highest BCUT2D eigenvalue weighted by Crippen LogP contribution is 2.50. The van der Waals surface area contributed by atoms with Gasteiger partial charge in [-0.25, -0.2) is 0 Å². The van der Waals surface area contributed by atoms with Crippen molar-refractivity contribution < 1.29 is 0 Å². The molecule has 0 spiro atoms. The van der Waals surface area contributed by atoms with E-state index in [1.54, 1.807) is 0 Å². The van der Waals surface area contributed by atoms with Crippen LogP contribution in [0.15, 0.2) is 30.3 Å². The SMILES string of the molecule is C#CCCCC(NCC)C1CC1c1ccccc1. The van der Waals surface area contributed by atoms with E-state index in [0.717, 1.165) is 31.2 Å². The monoisotopic (exact) mass is 241 g/mol. The van der Waals surface area contributed by atoms with E-state index in [1.807, 2.05) is 0 Å². The molecule has 0 amide bonds. The van der Waals surface area contributed by atoms with Crippen LogP contribution in [-0.4, -0.2) is 12.6 Å². The predicted molar refractivity (Wildman–Crippen MR) is 77.4 cm³/mol. The third kappa shape index (κ3) is 3.37. The van der Waals surface area contributed by atoms with Gasteiger partial charge in [0.05, 0.1) is 0 Å². The Morgan fingerprint density at radius 2 is 2.17 bits per heavy atom. The summed E-state index contributed by atoms with van der Waals surface area (Å²) in [4.78, 5) is 0. The van der Waals surface area contributed by atoms with Gasteiger partial charge < -0.3 is 5.32 Å². The fourth-order valence-electron chi connectivity index (χ4n) is 2.90. The van der Waals surface area contributed by atoms with Crippen molar-refractivity contribution in [3.8, 4) is 12.3 Å². The highest BCUT2D eigenvalue weighted by molar-refractivity contribution is 5.26. The van der Waals surface area contributed by atoms with Crippen molar-refractivity contribution in [2.75, 3.05) is 6.54 Å². The van der Waals surface area contributed by atoms with Crippen LogP contribution in [0.3, 0.4) is 0 Å².